The van der Waals surface area contributed by atoms with E-state index in [0.717, 1.165) is 0 Å². The SMILES string of the molecule is O=C(Cn1c(=O)cnc2ccccc21)Nc1ccc(Oc2cccc(F)c2)cc1. The number of hydrogen-bond donors (Lipinski definition) is 1. The van der Waals surface area contributed by atoms with Gasteiger partial charge in [-0.1, -0.05) is 18.2 Å². The zero-order valence-corrected chi connectivity index (χ0v) is 15.2. The molecule has 4 aromatic rings. The van der Waals surface area contributed by atoms with Gasteiger partial charge in [-0.15, -0.1) is 0 Å². The Kier molecular flexibility index (Phi) is 5.03. The standard InChI is InChI=1S/C22H16FN3O3/c23-15-4-3-5-18(12-15)29-17-10-8-16(9-11-17)25-21(27)14-26-20-7-2-1-6-19(20)24-13-22(26)28/h1-13H,14H2,(H,25,27). The van der Waals surface area contributed by atoms with Crippen LogP contribution >= 0.6 is 0 Å². The first-order valence-corrected chi connectivity index (χ1v) is 8.86. The fraction of sp³-hybridized carbons (Fsp3) is 0.0455. The maximum absolute atomic E-state index is 13.2. The van der Waals surface area contributed by atoms with Crippen molar-refractivity contribution in [2.45, 2.75) is 6.54 Å². The molecule has 7 heteroatoms. The second kappa shape index (κ2) is 7.93. The van der Waals surface area contributed by atoms with E-state index in [1.807, 2.05) is 6.07 Å². The molecule has 3 aromatic carbocycles. The number of anilines is 1. The Labute approximate surface area is 165 Å². The highest BCUT2D eigenvalue weighted by molar-refractivity contribution is 5.91. The molecule has 6 nitrogen and oxygen atoms in total. The molecule has 29 heavy (non-hydrogen) atoms. The molecule has 0 fully saturated rings. The van der Waals surface area contributed by atoms with Crippen molar-refractivity contribution in [2.75, 3.05) is 5.32 Å². The van der Waals surface area contributed by atoms with Crippen molar-refractivity contribution in [2.24, 2.45) is 0 Å². The molecule has 0 spiro atoms. The third kappa shape index (κ3) is 4.30. The summed E-state index contributed by atoms with van der Waals surface area (Å²) in [6.07, 6.45) is 1.20. The number of carbonyl (C=O) groups excluding carboxylic acids is 1. The monoisotopic (exact) mass is 389 g/mol. The number of aromatic nitrogens is 2. The Morgan fingerprint density at radius 1 is 1.00 bits per heavy atom. The summed E-state index contributed by atoms with van der Waals surface area (Å²) in [5, 5.41) is 2.75. The number of rotatable bonds is 5. The van der Waals surface area contributed by atoms with Crippen molar-refractivity contribution in [3.05, 3.63) is 95.2 Å². The Balaban J connectivity index is 1.45. The molecule has 0 atom stereocenters. The first-order valence-electron chi connectivity index (χ1n) is 8.86. The van der Waals surface area contributed by atoms with Gasteiger partial charge in [-0.2, -0.15) is 0 Å². The molecule has 0 aliphatic carbocycles. The number of amides is 1. The van der Waals surface area contributed by atoms with E-state index in [1.54, 1.807) is 54.6 Å². The topological polar surface area (TPSA) is 73.2 Å². The van der Waals surface area contributed by atoms with Crippen LogP contribution in [0.3, 0.4) is 0 Å². The Hall–Kier alpha value is -4.00. The van der Waals surface area contributed by atoms with Gasteiger partial charge in [0.15, 0.2) is 0 Å². The lowest BCUT2D eigenvalue weighted by molar-refractivity contribution is -0.116. The van der Waals surface area contributed by atoms with Gasteiger partial charge in [0.2, 0.25) is 5.91 Å². The zero-order valence-electron chi connectivity index (χ0n) is 15.2. The van der Waals surface area contributed by atoms with Crippen LogP contribution in [0.5, 0.6) is 11.5 Å². The van der Waals surface area contributed by atoms with Crippen molar-refractivity contribution in [1.29, 1.82) is 0 Å². The number of nitrogens with zero attached hydrogens (tertiary/aromatic N) is 2. The molecule has 1 N–H and O–H groups in total. The maximum Gasteiger partial charge on any atom is 0.269 e. The van der Waals surface area contributed by atoms with Crippen molar-refractivity contribution >= 4 is 22.6 Å². The van der Waals surface area contributed by atoms with Crippen LogP contribution in [0.1, 0.15) is 0 Å². The quantitative estimate of drug-likeness (QED) is 0.561. The maximum atomic E-state index is 13.2. The highest BCUT2D eigenvalue weighted by Crippen LogP contribution is 2.23. The Morgan fingerprint density at radius 3 is 2.59 bits per heavy atom. The van der Waals surface area contributed by atoms with Gasteiger partial charge < -0.3 is 10.1 Å². The van der Waals surface area contributed by atoms with Crippen LogP contribution in [0.25, 0.3) is 11.0 Å². The number of halogens is 1. The van der Waals surface area contributed by atoms with E-state index >= 15 is 0 Å². The van der Waals surface area contributed by atoms with Crippen molar-refractivity contribution < 1.29 is 13.9 Å². The number of hydrogen-bond acceptors (Lipinski definition) is 4. The van der Waals surface area contributed by atoms with Gasteiger partial charge in [-0.3, -0.25) is 14.2 Å². The molecule has 1 aromatic heterocycles. The van der Waals surface area contributed by atoms with Crippen LogP contribution in [0.2, 0.25) is 0 Å². The van der Waals surface area contributed by atoms with E-state index in [9.17, 15) is 14.0 Å². The van der Waals surface area contributed by atoms with E-state index in [-0.39, 0.29) is 23.8 Å². The zero-order chi connectivity index (χ0) is 20.2. The predicted molar refractivity (Wildman–Crippen MR) is 108 cm³/mol. The largest absolute Gasteiger partial charge is 0.457 e. The minimum atomic E-state index is -0.384. The number of para-hydroxylation sites is 2. The van der Waals surface area contributed by atoms with Crippen molar-refractivity contribution in [3.63, 3.8) is 0 Å². The molecule has 0 saturated heterocycles. The summed E-state index contributed by atoms with van der Waals surface area (Å²) in [5.74, 6) is 0.156. The van der Waals surface area contributed by atoms with Crippen LogP contribution in [0.4, 0.5) is 10.1 Å². The lowest BCUT2D eigenvalue weighted by atomic mass is 10.3. The normalized spacial score (nSPS) is 10.7. The molecule has 0 radical (unpaired) electrons. The summed E-state index contributed by atoms with van der Waals surface area (Å²) in [6.45, 7) is -0.136. The Morgan fingerprint density at radius 2 is 1.79 bits per heavy atom. The highest BCUT2D eigenvalue weighted by atomic mass is 19.1. The second-order valence-electron chi connectivity index (χ2n) is 6.30. The van der Waals surface area contributed by atoms with Gasteiger partial charge in [-0.05, 0) is 48.5 Å². The molecule has 1 amide bonds. The minimum absolute atomic E-state index is 0.136. The molecule has 0 aliphatic rings. The average Bonchev–Trinajstić information content (AvgIpc) is 2.72. The molecule has 1 heterocycles. The van der Waals surface area contributed by atoms with Gasteiger partial charge in [-0.25, -0.2) is 9.37 Å². The summed E-state index contributed by atoms with van der Waals surface area (Å²) < 4.78 is 20.2. The fourth-order valence-electron chi connectivity index (χ4n) is 2.89. The number of fused-ring (bicyclic) bond motifs is 1. The third-order valence-electron chi connectivity index (χ3n) is 4.22. The lowest BCUT2D eigenvalue weighted by Crippen LogP contribution is -2.27. The average molecular weight is 389 g/mol. The van der Waals surface area contributed by atoms with Gasteiger partial charge in [0, 0.05) is 11.8 Å². The molecule has 0 bridgehead atoms. The number of benzene rings is 3. The second-order valence-corrected chi connectivity index (χ2v) is 6.30. The summed E-state index contributed by atoms with van der Waals surface area (Å²) in [5.41, 5.74) is 1.43. The number of ether oxygens (including phenoxy) is 1. The summed E-state index contributed by atoms with van der Waals surface area (Å²) in [6, 6.07) is 19.6. The van der Waals surface area contributed by atoms with Crippen LogP contribution in [-0.4, -0.2) is 15.5 Å². The van der Waals surface area contributed by atoms with Crippen LogP contribution in [0.15, 0.2) is 83.8 Å². The minimum Gasteiger partial charge on any atom is -0.457 e. The number of carbonyl (C=O) groups is 1. The summed E-state index contributed by atoms with van der Waals surface area (Å²) >= 11 is 0. The van der Waals surface area contributed by atoms with Crippen molar-refractivity contribution in [1.82, 2.24) is 9.55 Å². The van der Waals surface area contributed by atoms with Crippen molar-refractivity contribution in [3.8, 4) is 11.5 Å². The van der Waals surface area contributed by atoms with Gasteiger partial charge in [0.25, 0.3) is 5.56 Å². The van der Waals surface area contributed by atoms with Crippen LogP contribution in [0, 0.1) is 5.82 Å². The smallest absolute Gasteiger partial charge is 0.269 e. The lowest BCUT2D eigenvalue weighted by Gasteiger charge is -2.11. The van der Waals surface area contributed by atoms with Gasteiger partial charge in [0.1, 0.15) is 23.9 Å². The van der Waals surface area contributed by atoms with E-state index < -0.39 is 0 Å². The molecular formula is C22H16FN3O3. The van der Waals surface area contributed by atoms with E-state index in [2.05, 4.69) is 10.3 Å². The van der Waals surface area contributed by atoms with Crippen LogP contribution < -0.4 is 15.6 Å². The van der Waals surface area contributed by atoms with E-state index in [0.29, 0.717) is 28.2 Å². The van der Waals surface area contributed by atoms with Gasteiger partial charge in [0.05, 0.1) is 17.2 Å². The molecule has 0 unspecified atom stereocenters. The highest BCUT2D eigenvalue weighted by Gasteiger charge is 2.09. The Bertz CT molecular complexity index is 1240. The molecule has 144 valence electrons. The molecule has 0 aliphatic heterocycles. The molecule has 0 saturated carbocycles. The predicted octanol–water partition coefficient (Wildman–Crippen LogP) is 3.97. The summed E-state index contributed by atoms with van der Waals surface area (Å²) in [4.78, 5) is 28.6. The third-order valence-corrected chi connectivity index (χ3v) is 4.22. The first-order chi connectivity index (χ1) is 14.1. The van der Waals surface area contributed by atoms with Gasteiger partial charge >= 0.3 is 0 Å². The fourth-order valence-corrected chi connectivity index (χ4v) is 2.89. The first kappa shape index (κ1) is 18.4. The molecule has 4 rings (SSSR count). The van der Waals surface area contributed by atoms with E-state index in [1.165, 1.54) is 22.9 Å². The van der Waals surface area contributed by atoms with E-state index in [4.69, 9.17) is 4.74 Å². The number of nitrogens with one attached hydrogen (secondary N) is 1. The summed E-state index contributed by atoms with van der Waals surface area (Å²) in [7, 11) is 0. The van der Waals surface area contributed by atoms with Crippen LogP contribution in [-0.2, 0) is 11.3 Å². The molecular weight excluding hydrogens is 373 g/mol.